The molecule has 2 heterocycles. The number of hydrogen-bond acceptors (Lipinski definition) is 3. The van der Waals surface area contributed by atoms with Gasteiger partial charge in [-0.1, -0.05) is 18.2 Å². The molecule has 1 aliphatic heterocycles. The fourth-order valence-electron chi connectivity index (χ4n) is 3.24. The van der Waals surface area contributed by atoms with Crippen LogP contribution in [0.1, 0.15) is 31.6 Å². The molecule has 5 nitrogen and oxygen atoms in total. The fraction of sp³-hybridized carbons (Fsp3) is 0.526. The zero-order chi connectivity index (χ0) is 18.0. The minimum absolute atomic E-state index is 0.0693. The molecule has 1 unspecified atom stereocenters. The van der Waals surface area contributed by atoms with Gasteiger partial charge in [0.1, 0.15) is 11.3 Å². The normalized spacial score (nSPS) is 20.4. The number of carbonyl (C=O) groups is 1. The van der Waals surface area contributed by atoms with Crippen LogP contribution in [0.3, 0.4) is 0 Å². The van der Waals surface area contributed by atoms with Crippen molar-refractivity contribution in [1.82, 2.24) is 10.2 Å². The number of carbonyl (C=O) groups excluding carboxylic acids is 1. The predicted octanol–water partition coefficient (Wildman–Crippen LogP) is 3.23. The second-order valence-electron chi connectivity index (χ2n) is 7.16. The van der Waals surface area contributed by atoms with Crippen LogP contribution in [0.2, 0.25) is 0 Å². The van der Waals surface area contributed by atoms with Gasteiger partial charge in [-0.15, -0.1) is 0 Å². The molecule has 25 heavy (non-hydrogen) atoms. The highest BCUT2D eigenvalue weighted by molar-refractivity contribution is 7.86. The first-order valence-electron chi connectivity index (χ1n) is 8.77. The average Bonchev–Trinajstić information content (AvgIpc) is 2.82. The first-order chi connectivity index (χ1) is 11.9. The van der Waals surface area contributed by atoms with Gasteiger partial charge in [0.2, 0.25) is 0 Å². The summed E-state index contributed by atoms with van der Waals surface area (Å²) in [5.74, 6) is 1.45. The van der Waals surface area contributed by atoms with Crippen LogP contribution in [0.5, 0.6) is 0 Å². The molecule has 0 aliphatic carbocycles. The van der Waals surface area contributed by atoms with Crippen LogP contribution in [0.4, 0.5) is 4.79 Å². The lowest BCUT2D eigenvalue weighted by atomic mass is 10.1. The lowest BCUT2D eigenvalue weighted by Crippen LogP contribution is -2.42. The van der Waals surface area contributed by atoms with Gasteiger partial charge < -0.3 is 14.6 Å². The van der Waals surface area contributed by atoms with Crippen molar-refractivity contribution in [3.05, 3.63) is 35.6 Å². The van der Waals surface area contributed by atoms with Crippen LogP contribution in [-0.4, -0.2) is 45.3 Å². The first-order valence-corrected chi connectivity index (χ1v) is 10.1. The van der Waals surface area contributed by atoms with E-state index in [1.807, 2.05) is 39.0 Å². The molecule has 0 radical (unpaired) electrons. The van der Waals surface area contributed by atoms with E-state index in [-0.39, 0.29) is 10.8 Å². The van der Waals surface area contributed by atoms with Crippen molar-refractivity contribution in [2.75, 3.05) is 25.4 Å². The topological polar surface area (TPSA) is 62.6 Å². The number of furan rings is 1. The third-order valence-electron chi connectivity index (χ3n) is 4.99. The number of nitrogens with one attached hydrogen (secondary N) is 1. The smallest absolute Gasteiger partial charge is 0.317 e. The lowest BCUT2D eigenvalue weighted by Gasteiger charge is -2.22. The summed E-state index contributed by atoms with van der Waals surface area (Å²) >= 11 is 0. The Morgan fingerprint density at radius 3 is 2.88 bits per heavy atom. The van der Waals surface area contributed by atoms with E-state index in [1.165, 1.54) is 0 Å². The Bertz CT molecular complexity index is 797. The van der Waals surface area contributed by atoms with Crippen LogP contribution in [0.15, 0.2) is 28.7 Å². The van der Waals surface area contributed by atoms with Crippen molar-refractivity contribution in [2.45, 2.75) is 38.4 Å². The molecule has 2 aromatic rings. The number of rotatable bonds is 3. The molecule has 0 saturated carbocycles. The monoisotopic (exact) mass is 362 g/mol. The molecule has 1 fully saturated rings. The molecule has 1 aromatic heterocycles. The number of para-hydroxylation sites is 1. The number of amides is 2. The third-order valence-corrected chi connectivity index (χ3v) is 6.98. The molecule has 1 N–H and O–H groups in total. The number of fused-ring (bicyclic) bond motifs is 1. The minimum atomic E-state index is -0.888. The van der Waals surface area contributed by atoms with E-state index < -0.39 is 10.8 Å². The van der Waals surface area contributed by atoms with Gasteiger partial charge in [0.15, 0.2) is 0 Å². The first kappa shape index (κ1) is 18.0. The van der Waals surface area contributed by atoms with Crippen LogP contribution >= 0.6 is 0 Å². The second-order valence-corrected chi connectivity index (χ2v) is 9.37. The van der Waals surface area contributed by atoms with Crippen molar-refractivity contribution in [1.29, 1.82) is 0 Å². The number of urea groups is 1. The molecular formula is C19H26N2O3S. The summed E-state index contributed by atoms with van der Waals surface area (Å²) in [5.41, 5.74) is 2.03. The Labute approximate surface area is 151 Å². The molecule has 3 rings (SSSR count). The van der Waals surface area contributed by atoms with Crippen LogP contribution < -0.4 is 5.32 Å². The Hall–Kier alpha value is -1.82. The van der Waals surface area contributed by atoms with Crippen molar-refractivity contribution in [3.63, 3.8) is 0 Å². The van der Waals surface area contributed by atoms with Crippen LogP contribution in [-0.2, 0) is 17.2 Å². The highest BCUT2D eigenvalue weighted by Gasteiger charge is 2.31. The molecule has 1 aliphatic rings. The van der Waals surface area contributed by atoms with E-state index in [4.69, 9.17) is 4.42 Å². The molecule has 1 saturated heterocycles. The summed E-state index contributed by atoms with van der Waals surface area (Å²) in [4.78, 5) is 14.2. The van der Waals surface area contributed by atoms with Crippen molar-refractivity contribution < 1.29 is 13.4 Å². The summed E-state index contributed by atoms with van der Waals surface area (Å²) in [6.45, 7) is 7.75. The van der Waals surface area contributed by atoms with E-state index >= 15 is 0 Å². The largest absolute Gasteiger partial charge is 0.461 e. The summed E-state index contributed by atoms with van der Waals surface area (Å²) in [6.07, 6.45) is 1.50. The highest BCUT2D eigenvalue weighted by Crippen LogP contribution is 2.25. The second kappa shape index (κ2) is 7.20. The summed E-state index contributed by atoms with van der Waals surface area (Å²) < 4.78 is 17.7. The van der Waals surface area contributed by atoms with E-state index in [9.17, 15) is 9.00 Å². The molecule has 2 amide bonds. The molecule has 1 atom stereocenters. The number of aryl methyl sites for hydroxylation is 1. The molecule has 6 heteroatoms. The van der Waals surface area contributed by atoms with Gasteiger partial charge >= 0.3 is 6.03 Å². The highest BCUT2D eigenvalue weighted by atomic mass is 32.2. The van der Waals surface area contributed by atoms with E-state index in [1.54, 1.807) is 4.90 Å². The van der Waals surface area contributed by atoms with Crippen LogP contribution in [0, 0.1) is 6.92 Å². The van der Waals surface area contributed by atoms with Gasteiger partial charge in [-0.25, -0.2) is 4.79 Å². The Morgan fingerprint density at radius 2 is 2.08 bits per heavy atom. The fourth-order valence-corrected chi connectivity index (χ4v) is 4.50. The van der Waals surface area contributed by atoms with Crippen molar-refractivity contribution in [3.8, 4) is 0 Å². The number of hydrogen-bond donors (Lipinski definition) is 1. The van der Waals surface area contributed by atoms with Crippen molar-refractivity contribution >= 4 is 27.8 Å². The zero-order valence-electron chi connectivity index (χ0n) is 15.1. The Morgan fingerprint density at radius 1 is 1.32 bits per heavy atom. The molecule has 136 valence electrons. The quantitative estimate of drug-likeness (QED) is 0.912. The van der Waals surface area contributed by atoms with Gasteiger partial charge in [0.05, 0.1) is 0 Å². The van der Waals surface area contributed by atoms with Gasteiger partial charge in [-0.3, -0.25) is 4.21 Å². The molecule has 0 spiro atoms. The summed E-state index contributed by atoms with van der Waals surface area (Å²) in [5, 5.41) is 4.11. The molecule has 1 aromatic carbocycles. The Balaban J connectivity index is 1.57. The third kappa shape index (κ3) is 3.89. The van der Waals surface area contributed by atoms with Crippen LogP contribution in [0.25, 0.3) is 11.0 Å². The molecular weight excluding hydrogens is 336 g/mol. The molecule has 0 bridgehead atoms. The maximum absolute atomic E-state index is 12.4. The number of benzene rings is 1. The van der Waals surface area contributed by atoms with Gasteiger partial charge in [-0.05, 0) is 39.7 Å². The maximum atomic E-state index is 12.4. The van der Waals surface area contributed by atoms with Gasteiger partial charge in [0.25, 0.3) is 0 Å². The lowest BCUT2D eigenvalue weighted by molar-refractivity contribution is 0.200. The summed E-state index contributed by atoms with van der Waals surface area (Å²) in [7, 11) is -0.888. The van der Waals surface area contributed by atoms with E-state index in [0.717, 1.165) is 35.1 Å². The van der Waals surface area contributed by atoms with Crippen molar-refractivity contribution in [2.24, 2.45) is 0 Å². The minimum Gasteiger partial charge on any atom is -0.461 e. The Kier molecular flexibility index (Phi) is 5.18. The maximum Gasteiger partial charge on any atom is 0.317 e. The summed E-state index contributed by atoms with van der Waals surface area (Å²) in [6, 6.07) is 7.90. The van der Waals surface area contributed by atoms with E-state index in [0.29, 0.717) is 25.4 Å². The van der Waals surface area contributed by atoms with Gasteiger partial charge in [0, 0.05) is 51.9 Å². The SMILES string of the molecule is Cc1oc2ccccc2c1CCNC(=O)N1CCS(=O)C(C)(C)CC1. The predicted molar refractivity (Wildman–Crippen MR) is 101 cm³/mol. The average molecular weight is 362 g/mol. The van der Waals surface area contributed by atoms with Gasteiger partial charge in [-0.2, -0.15) is 0 Å². The number of nitrogens with zero attached hydrogens (tertiary/aromatic N) is 1. The zero-order valence-corrected chi connectivity index (χ0v) is 15.9. The van der Waals surface area contributed by atoms with E-state index in [2.05, 4.69) is 11.4 Å². The standard InChI is InChI=1S/C19H26N2O3S/c1-14-15(16-6-4-5-7-17(16)24-14)8-10-20-18(22)21-11-9-19(2,3)25(23)13-12-21/h4-7H,8-13H2,1-3H3,(H,20,22).